The number of rotatable bonds is 4. The Morgan fingerprint density at radius 1 is 1.00 bits per heavy atom. The van der Waals surface area contributed by atoms with E-state index in [1.54, 1.807) is 55.9 Å². The van der Waals surface area contributed by atoms with Gasteiger partial charge in [0.05, 0.1) is 12.8 Å². The van der Waals surface area contributed by atoms with Crippen LogP contribution >= 0.6 is 0 Å². The summed E-state index contributed by atoms with van der Waals surface area (Å²) in [6, 6.07) is 16.1. The van der Waals surface area contributed by atoms with Crippen LogP contribution in [0, 0.1) is 0 Å². The first-order chi connectivity index (χ1) is 11.3. The van der Waals surface area contributed by atoms with Crippen LogP contribution in [0.4, 0.5) is 5.69 Å². The van der Waals surface area contributed by atoms with Crippen molar-refractivity contribution in [2.75, 3.05) is 12.4 Å². The summed E-state index contributed by atoms with van der Waals surface area (Å²) in [4.78, 5) is 20.9. The van der Waals surface area contributed by atoms with Crippen molar-refractivity contribution in [3.8, 4) is 17.1 Å². The van der Waals surface area contributed by atoms with E-state index < -0.39 is 0 Å². The molecule has 0 aliphatic carbocycles. The number of ether oxygens (including phenoxy) is 1. The number of nitrogens with zero attached hydrogens (tertiary/aromatic N) is 2. The Bertz CT molecular complexity index is 805. The molecule has 3 rings (SSSR count). The van der Waals surface area contributed by atoms with Crippen molar-refractivity contribution in [3.05, 3.63) is 72.6 Å². The molecule has 0 radical (unpaired) electrons. The molecule has 1 aromatic heterocycles. The first-order valence-electron chi connectivity index (χ1n) is 7.10. The molecule has 0 aliphatic heterocycles. The van der Waals surface area contributed by atoms with E-state index in [0.29, 0.717) is 28.4 Å². The third-order valence-electron chi connectivity index (χ3n) is 3.32. The van der Waals surface area contributed by atoms with Gasteiger partial charge in [0.25, 0.3) is 5.91 Å². The van der Waals surface area contributed by atoms with Gasteiger partial charge in [-0.2, -0.15) is 0 Å². The van der Waals surface area contributed by atoms with Crippen LogP contribution in [-0.4, -0.2) is 23.0 Å². The maximum absolute atomic E-state index is 12.4. The predicted molar refractivity (Wildman–Crippen MR) is 88.4 cm³/mol. The fraction of sp³-hybridized carbons (Fsp3) is 0.0556. The van der Waals surface area contributed by atoms with E-state index in [1.165, 1.54) is 0 Å². The minimum absolute atomic E-state index is 0.187. The van der Waals surface area contributed by atoms with Gasteiger partial charge in [-0.1, -0.05) is 18.2 Å². The summed E-state index contributed by atoms with van der Waals surface area (Å²) in [5.74, 6) is 1.01. The Balaban J connectivity index is 1.97. The number of methoxy groups -OCH3 is 1. The molecule has 5 nitrogen and oxygen atoms in total. The predicted octanol–water partition coefficient (Wildman–Crippen LogP) is 3.40. The number of anilines is 1. The minimum Gasteiger partial charge on any atom is -0.497 e. The van der Waals surface area contributed by atoms with Crippen LogP contribution in [0.15, 0.2) is 67.0 Å². The average molecular weight is 305 g/mol. The zero-order chi connectivity index (χ0) is 16.1. The molecule has 5 heteroatoms. The highest BCUT2D eigenvalue weighted by molar-refractivity contribution is 6.06. The van der Waals surface area contributed by atoms with Gasteiger partial charge in [0, 0.05) is 23.5 Å². The van der Waals surface area contributed by atoms with E-state index in [9.17, 15) is 4.79 Å². The Labute approximate surface area is 134 Å². The highest BCUT2D eigenvalue weighted by atomic mass is 16.5. The number of carbonyl (C=O) groups excluding carboxylic acids is 1. The number of hydrogen-bond acceptors (Lipinski definition) is 4. The third kappa shape index (κ3) is 3.35. The molecule has 0 bridgehead atoms. The highest BCUT2D eigenvalue weighted by Gasteiger charge is 2.13. The number of amides is 1. The molecule has 0 aliphatic rings. The van der Waals surface area contributed by atoms with Crippen LogP contribution in [-0.2, 0) is 0 Å². The summed E-state index contributed by atoms with van der Waals surface area (Å²) < 4.78 is 5.25. The Hall–Kier alpha value is -3.21. The molecule has 0 fully saturated rings. The maximum atomic E-state index is 12.4. The van der Waals surface area contributed by atoms with E-state index in [-0.39, 0.29) is 5.91 Å². The molecule has 1 amide bonds. The van der Waals surface area contributed by atoms with Gasteiger partial charge in [-0.3, -0.25) is 4.79 Å². The van der Waals surface area contributed by atoms with Crippen LogP contribution in [0.25, 0.3) is 11.4 Å². The molecule has 0 unspecified atom stereocenters. The zero-order valence-electron chi connectivity index (χ0n) is 12.6. The smallest absolute Gasteiger partial charge is 0.255 e. The van der Waals surface area contributed by atoms with Crippen molar-refractivity contribution >= 4 is 11.6 Å². The van der Waals surface area contributed by atoms with Crippen LogP contribution < -0.4 is 10.1 Å². The van der Waals surface area contributed by atoms with E-state index in [1.807, 2.05) is 18.2 Å². The van der Waals surface area contributed by atoms with Gasteiger partial charge in [0.2, 0.25) is 0 Å². The summed E-state index contributed by atoms with van der Waals surface area (Å²) in [5.41, 5.74) is 1.92. The van der Waals surface area contributed by atoms with E-state index in [0.717, 1.165) is 0 Å². The third-order valence-corrected chi connectivity index (χ3v) is 3.32. The maximum Gasteiger partial charge on any atom is 0.255 e. The Morgan fingerprint density at radius 3 is 2.43 bits per heavy atom. The second-order valence-electron chi connectivity index (χ2n) is 4.80. The van der Waals surface area contributed by atoms with Crippen LogP contribution in [0.2, 0.25) is 0 Å². The second kappa shape index (κ2) is 6.70. The fourth-order valence-corrected chi connectivity index (χ4v) is 2.17. The van der Waals surface area contributed by atoms with Gasteiger partial charge in [-0.05, 0) is 36.4 Å². The van der Waals surface area contributed by atoms with Crippen molar-refractivity contribution in [1.29, 1.82) is 0 Å². The van der Waals surface area contributed by atoms with Gasteiger partial charge in [0.15, 0.2) is 5.82 Å². The molecule has 1 N–H and O–H groups in total. The molecule has 23 heavy (non-hydrogen) atoms. The van der Waals surface area contributed by atoms with Gasteiger partial charge >= 0.3 is 0 Å². The average Bonchev–Trinajstić information content (AvgIpc) is 2.63. The quantitative estimate of drug-likeness (QED) is 0.802. The fourth-order valence-electron chi connectivity index (χ4n) is 2.17. The van der Waals surface area contributed by atoms with Gasteiger partial charge in [-0.15, -0.1) is 0 Å². The molecular formula is C18H15N3O2. The Kier molecular flexibility index (Phi) is 4.29. The number of hydrogen-bond donors (Lipinski definition) is 1. The molecule has 0 spiro atoms. The minimum atomic E-state index is -0.187. The summed E-state index contributed by atoms with van der Waals surface area (Å²) in [7, 11) is 1.59. The SMILES string of the molecule is COc1ccc(NC(=O)c2ccccc2)c(-c2ncccn2)c1. The summed E-state index contributed by atoms with van der Waals surface area (Å²) in [6.45, 7) is 0. The molecule has 1 heterocycles. The zero-order valence-corrected chi connectivity index (χ0v) is 12.6. The first-order valence-corrected chi connectivity index (χ1v) is 7.10. The molecule has 3 aromatic rings. The van der Waals surface area contributed by atoms with Crippen molar-refractivity contribution < 1.29 is 9.53 Å². The van der Waals surface area contributed by atoms with E-state index in [2.05, 4.69) is 15.3 Å². The molecular weight excluding hydrogens is 290 g/mol. The summed E-state index contributed by atoms with van der Waals surface area (Å²) in [6.07, 6.45) is 3.31. The lowest BCUT2D eigenvalue weighted by atomic mass is 10.1. The van der Waals surface area contributed by atoms with Crippen LogP contribution in [0.3, 0.4) is 0 Å². The molecule has 2 aromatic carbocycles. The highest BCUT2D eigenvalue weighted by Crippen LogP contribution is 2.29. The lowest BCUT2D eigenvalue weighted by Gasteiger charge is -2.12. The standard InChI is InChI=1S/C18H15N3O2/c1-23-14-8-9-16(15(12-14)17-19-10-5-11-20-17)21-18(22)13-6-3-2-4-7-13/h2-12H,1H3,(H,21,22). The molecule has 114 valence electrons. The van der Waals surface area contributed by atoms with Crippen LogP contribution in [0.5, 0.6) is 5.75 Å². The van der Waals surface area contributed by atoms with Gasteiger partial charge in [-0.25, -0.2) is 9.97 Å². The topological polar surface area (TPSA) is 64.1 Å². The number of aromatic nitrogens is 2. The summed E-state index contributed by atoms with van der Waals surface area (Å²) >= 11 is 0. The van der Waals surface area contributed by atoms with Crippen molar-refractivity contribution in [3.63, 3.8) is 0 Å². The molecule has 0 saturated heterocycles. The van der Waals surface area contributed by atoms with E-state index in [4.69, 9.17) is 4.74 Å². The number of benzene rings is 2. The van der Waals surface area contributed by atoms with Gasteiger partial charge < -0.3 is 10.1 Å². The summed E-state index contributed by atoms with van der Waals surface area (Å²) in [5, 5.41) is 2.90. The second-order valence-corrected chi connectivity index (χ2v) is 4.80. The van der Waals surface area contributed by atoms with E-state index >= 15 is 0 Å². The normalized spacial score (nSPS) is 10.1. The van der Waals surface area contributed by atoms with Crippen LogP contribution in [0.1, 0.15) is 10.4 Å². The van der Waals surface area contributed by atoms with Crippen molar-refractivity contribution in [1.82, 2.24) is 9.97 Å². The van der Waals surface area contributed by atoms with Crippen molar-refractivity contribution in [2.45, 2.75) is 0 Å². The number of carbonyl (C=O) groups is 1. The monoisotopic (exact) mass is 305 g/mol. The largest absolute Gasteiger partial charge is 0.497 e. The molecule has 0 saturated carbocycles. The first kappa shape index (κ1) is 14.7. The molecule has 0 atom stereocenters. The lowest BCUT2D eigenvalue weighted by Crippen LogP contribution is -2.12. The lowest BCUT2D eigenvalue weighted by molar-refractivity contribution is 0.102. The van der Waals surface area contributed by atoms with Gasteiger partial charge in [0.1, 0.15) is 5.75 Å². The van der Waals surface area contributed by atoms with Crippen molar-refractivity contribution in [2.24, 2.45) is 0 Å². The Morgan fingerprint density at radius 2 is 1.74 bits per heavy atom. The number of nitrogens with one attached hydrogen (secondary N) is 1.